The molecule has 0 radical (unpaired) electrons. The Hall–Kier alpha value is -3.91. The Kier molecular flexibility index (Phi) is 6.02. The molecule has 4 aromatic rings. The van der Waals surface area contributed by atoms with Crippen molar-refractivity contribution in [3.8, 4) is 0 Å². The second-order valence-electron chi connectivity index (χ2n) is 8.43. The van der Waals surface area contributed by atoms with Gasteiger partial charge in [-0.3, -0.25) is 9.48 Å². The molecule has 3 N–H and O–H groups in total. The van der Waals surface area contributed by atoms with Gasteiger partial charge in [-0.25, -0.2) is 4.98 Å². The molecule has 0 fully saturated rings. The van der Waals surface area contributed by atoms with Crippen LogP contribution in [0.4, 0.5) is 28.8 Å². The summed E-state index contributed by atoms with van der Waals surface area (Å²) >= 11 is 6.24. The summed E-state index contributed by atoms with van der Waals surface area (Å²) in [6, 6.07) is 12.7. The van der Waals surface area contributed by atoms with Crippen LogP contribution in [0.15, 0.2) is 67.5 Å². The molecule has 0 atom stereocenters. The molecule has 0 saturated heterocycles. The molecule has 168 valence electrons. The summed E-state index contributed by atoms with van der Waals surface area (Å²) in [5.41, 5.74) is 2.73. The Morgan fingerprint density at radius 3 is 2.58 bits per heavy atom. The van der Waals surface area contributed by atoms with Crippen LogP contribution < -0.4 is 16.0 Å². The fraction of sp³-hybridized carbons (Fsp3) is 0.167. The van der Waals surface area contributed by atoms with E-state index in [4.69, 9.17) is 11.6 Å². The van der Waals surface area contributed by atoms with Crippen molar-refractivity contribution in [3.05, 3.63) is 72.5 Å². The lowest BCUT2D eigenvalue weighted by Crippen LogP contribution is -2.21. The van der Waals surface area contributed by atoms with E-state index in [1.165, 1.54) is 6.08 Å². The largest absolute Gasteiger partial charge is 0.339 e. The molecule has 33 heavy (non-hydrogen) atoms. The Balaban J connectivity index is 1.69. The van der Waals surface area contributed by atoms with E-state index in [1.807, 2.05) is 35.1 Å². The number of carbonyl (C=O) groups excluding carboxylic acids is 1. The SMILES string of the molecule is C=CC(=O)Nc1cccc(Nc2nc(Nc3cnn(C(C)(C)C)c3)nc3ccc(Cl)cc23)c1. The third-order valence-electron chi connectivity index (χ3n) is 4.76. The van der Waals surface area contributed by atoms with Crippen LogP contribution in [0.25, 0.3) is 10.9 Å². The van der Waals surface area contributed by atoms with Crippen molar-refractivity contribution in [1.29, 1.82) is 0 Å². The summed E-state index contributed by atoms with van der Waals surface area (Å²) < 4.78 is 1.87. The number of hydrogen-bond donors (Lipinski definition) is 3. The number of fused-ring (bicyclic) bond motifs is 1. The van der Waals surface area contributed by atoms with Crippen molar-refractivity contribution in [3.63, 3.8) is 0 Å². The minimum absolute atomic E-state index is 0.139. The van der Waals surface area contributed by atoms with Crippen LogP contribution in [0, 0.1) is 0 Å². The zero-order valence-corrected chi connectivity index (χ0v) is 19.3. The van der Waals surface area contributed by atoms with Crippen molar-refractivity contribution >= 4 is 57.2 Å². The van der Waals surface area contributed by atoms with Crippen molar-refractivity contribution in [2.24, 2.45) is 0 Å². The fourth-order valence-electron chi connectivity index (χ4n) is 3.14. The molecular formula is C24H24ClN7O. The predicted octanol–water partition coefficient (Wildman–Crippen LogP) is 5.85. The van der Waals surface area contributed by atoms with Gasteiger partial charge in [0.1, 0.15) is 5.82 Å². The summed E-state index contributed by atoms with van der Waals surface area (Å²) in [6.45, 7) is 9.71. The fourth-order valence-corrected chi connectivity index (χ4v) is 3.31. The van der Waals surface area contributed by atoms with Gasteiger partial charge in [0.05, 0.1) is 22.9 Å². The summed E-state index contributed by atoms with van der Waals surface area (Å²) in [5, 5.41) is 15.0. The average Bonchev–Trinajstić information content (AvgIpc) is 3.23. The van der Waals surface area contributed by atoms with E-state index in [9.17, 15) is 4.79 Å². The van der Waals surface area contributed by atoms with E-state index in [2.05, 4.69) is 58.4 Å². The molecule has 0 aliphatic rings. The number of carbonyl (C=O) groups is 1. The highest BCUT2D eigenvalue weighted by molar-refractivity contribution is 6.31. The summed E-state index contributed by atoms with van der Waals surface area (Å²) in [4.78, 5) is 21.0. The highest BCUT2D eigenvalue weighted by atomic mass is 35.5. The predicted molar refractivity (Wildman–Crippen MR) is 134 cm³/mol. The van der Waals surface area contributed by atoms with Gasteiger partial charge in [0.2, 0.25) is 11.9 Å². The third kappa shape index (κ3) is 5.30. The van der Waals surface area contributed by atoms with Gasteiger partial charge in [-0.2, -0.15) is 10.1 Å². The third-order valence-corrected chi connectivity index (χ3v) is 5.00. The second-order valence-corrected chi connectivity index (χ2v) is 8.86. The number of nitrogens with one attached hydrogen (secondary N) is 3. The first kappa shape index (κ1) is 22.3. The Morgan fingerprint density at radius 1 is 1.06 bits per heavy atom. The number of anilines is 5. The summed E-state index contributed by atoms with van der Waals surface area (Å²) in [5.74, 6) is 0.700. The smallest absolute Gasteiger partial charge is 0.247 e. The van der Waals surface area contributed by atoms with Gasteiger partial charge in [-0.15, -0.1) is 0 Å². The number of aromatic nitrogens is 4. The maximum absolute atomic E-state index is 11.6. The van der Waals surface area contributed by atoms with Crippen molar-refractivity contribution in [2.75, 3.05) is 16.0 Å². The molecule has 4 rings (SSSR count). The van der Waals surface area contributed by atoms with Gasteiger partial charge in [0, 0.05) is 28.0 Å². The van der Waals surface area contributed by atoms with Crippen LogP contribution in [0.1, 0.15) is 20.8 Å². The van der Waals surface area contributed by atoms with Crippen molar-refractivity contribution in [1.82, 2.24) is 19.7 Å². The number of rotatable bonds is 6. The van der Waals surface area contributed by atoms with Crippen LogP contribution in [0.2, 0.25) is 5.02 Å². The molecule has 0 bridgehead atoms. The lowest BCUT2D eigenvalue weighted by Gasteiger charge is -2.18. The maximum atomic E-state index is 11.6. The van der Waals surface area contributed by atoms with Gasteiger partial charge in [0.15, 0.2) is 0 Å². The summed E-state index contributed by atoms with van der Waals surface area (Å²) in [7, 11) is 0. The Morgan fingerprint density at radius 2 is 1.85 bits per heavy atom. The lowest BCUT2D eigenvalue weighted by atomic mass is 10.1. The van der Waals surface area contributed by atoms with Gasteiger partial charge in [-0.1, -0.05) is 24.2 Å². The van der Waals surface area contributed by atoms with E-state index < -0.39 is 0 Å². The Labute approximate surface area is 196 Å². The number of amides is 1. The van der Waals surface area contributed by atoms with E-state index in [-0.39, 0.29) is 11.4 Å². The quantitative estimate of drug-likeness (QED) is 0.312. The molecule has 0 aliphatic heterocycles. The van der Waals surface area contributed by atoms with E-state index in [0.717, 1.165) is 22.3 Å². The normalized spacial score (nSPS) is 11.3. The highest BCUT2D eigenvalue weighted by Gasteiger charge is 2.15. The van der Waals surface area contributed by atoms with Gasteiger partial charge in [-0.05, 0) is 63.2 Å². The molecule has 0 spiro atoms. The molecule has 9 heteroatoms. The number of benzene rings is 2. The molecule has 2 aromatic carbocycles. The molecule has 0 unspecified atom stereocenters. The van der Waals surface area contributed by atoms with E-state index >= 15 is 0 Å². The standard InChI is InChI=1S/C24H24ClN7O/c1-5-21(33)27-16-7-6-8-17(12-16)28-22-19-11-15(25)9-10-20(19)30-23(31-22)29-18-13-26-32(14-18)24(2,3)4/h5-14H,1H2,2-4H3,(H,27,33)(H2,28,29,30,31). The number of hydrogen-bond acceptors (Lipinski definition) is 6. The topological polar surface area (TPSA) is 96.8 Å². The Bertz CT molecular complexity index is 1340. The van der Waals surface area contributed by atoms with Crippen LogP contribution in [0.5, 0.6) is 0 Å². The van der Waals surface area contributed by atoms with E-state index in [0.29, 0.717) is 22.5 Å². The second kappa shape index (κ2) is 8.91. The van der Waals surface area contributed by atoms with Crippen LogP contribution in [-0.2, 0) is 10.3 Å². The molecular weight excluding hydrogens is 438 g/mol. The average molecular weight is 462 g/mol. The van der Waals surface area contributed by atoms with Gasteiger partial charge < -0.3 is 16.0 Å². The number of nitrogens with zero attached hydrogens (tertiary/aromatic N) is 4. The zero-order valence-electron chi connectivity index (χ0n) is 18.6. The minimum atomic E-state index is -0.284. The van der Waals surface area contributed by atoms with Crippen LogP contribution in [0.3, 0.4) is 0 Å². The molecule has 0 aliphatic carbocycles. The van der Waals surface area contributed by atoms with Crippen LogP contribution >= 0.6 is 11.6 Å². The maximum Gasteiger partial charge on any atom is 0.247 e. The lowest BCUT2D eigenvalue weighted by molar-refractivity contribution is -0.111. The zero-order chi connectivity index (χ0) is 23.6. The monoisotopic (exact) mass is 461 g/mol. The molecule has 2 heterocycles. The van der Waals surface area contributed by atoms with Crippen LogP contribution in [-0.4, -0.2) is 25.7 Å². The van der Waals surface area contributed by atoms with Gasteiger partial charge >= 0.3 is 0 Å². The molecule has 1 amide bonds. The molecule has 8 nitrogen and oxygen atoms in total. The van der Waals surface area contributed by atoms with Crippen molar-refractivity contribution in [2.45, 2.75) is 26.3 Å². The van der Waals surface area contributed by atoms with E-state index in [1.54, 1.807) is 24.4 Å². The summed E-state index contributed by atoms with van der Waals surface area (Å²) in [6.07, 6.45) is 4.87. The minimum Gasteiger partial charge on any atom is -0.339 e. The van der Waals surface area contributed by atoms with Crippen molar-refractivity contribution < 1.29 is 4.79 Å². The molecule has 0 saturated carbocycles. The van der Waals surface area contributed by atoms with Gasteiger partial charge in [0.25, 0.3) is 0 Å². The first-order valence-electron chi connectivity index (χ1n) is 10.3. The number of halogens is 1. The highest BCUT2D eigenvalue weighted by Crippen LogP contribution is 2.29. The molecule has 2 aromatic heterocycles. The first-order chi connectivity index (χ1) is 15.7. The first-order valence-corrected chi connectivity index (χ1v) is 10.7.